The van der Waals surface area contributed by atoms with Crippen molar-refractivity contribution in [3.63, 3.8) is 0 Å². The maximum atomic E-state index is 12.9. The van der Waals surface area contributed by atoms with E-state index in [9.17, 15) is 9.18 Å². The van der Waals surface area contributed by atoms with Gasteiger partial charge in [-0.1, -0.05) is 0 Å². The number of carbonyl (C=O) groups excluding carboxylic acids is 1. The van der Waals surface area contributed by atoms with E-state index in [1.165, 1.54) is 18.2 Å². The first-order valence-electron chi connectivity index (χ1n) is 7.07. The van der Waals surface area contributed by atoms with Crippen molar-refractivity contribution in [2.24, 2.45) is 0 Å². The van der Waals surface area contributed by atoms with Crippen LogP contribution in [-0.2, 0) is 9.53 Å². The van der Waals surface area contributed by atoms with E-state index in [2.05, 4.69) is 32.1 Å². The number of benzene rings is 1. The predicted octanol–water partition coefficient (Wildman–Crippen LogP) is 1.64. The van der Waals surface area contributed by atoms with Gasteiger partial charge in [-0.15, -0.1) is 0 Å². The first-order valence-corrected chi connectivity index (χ1v) is 8.27. The number of thiocarbonyl (C=S) groups is 1. The highest BCUT2D eigenvalue weighted by Gasteiger charge is 2.15. The van der Waals surface area contributed by atoms with Gasteiger partial charge in [0.05, 0.1) is 10.6 Å². The number of ether oxygens (including phenoxy) is 2. The van der Waals surface area contributed by atoms with E-state index in [4.69, 9.17) is 21.7 Å². The molecule has 9 heteroatoms. The van der Waals surface area contributed by atoms with Crippen LogP contribution in [0.5, 0.6) is 5.75 Å². The molecule has 3 N–H and O–H groups in total. The lowest BCUT2D eigenvalue weighted by Crippen LogP contribution is -2.49. The molecule has 0 spiro atoms. The molecule has 0 saturated carbocycles. The van der Waals surface area contributed by atoms with Crippen molar-refractivity contribution in [1.29, 1.82) is 0 Å². The Morgan fingerprint density at radius 3 is 3.00 bits per heavy atom. The Bertz CT molecular complexity index is 570. The van der Waals surface area contributed by atoms with E-state index in [1.54, 1.807) is 0 Å². The number of nitrogens with one attached hydrogen (secondary N) is 3. The minimum absolute atomic E-state index is 0.157. The minimum Gasteiger partial charge on any atom is -0.483 e. The van der Waals surface area contributed by atoms with Crippen molar-refractivity contribution >= 4 is 39.2 Å². The average Bonchev–Trinajstić information content (AvgIpc) is 3.03. The highest BCUT2D eigenvalue weighted by molar-refractivity contribution is 9.10. The van der Waals surface area contributed by atoms with Crippen molar-refractivity contribution in [3.8, 4) is 5.75 Å². The average molecular weight is 406 g/mol. The van der Waals surface area contributed by atoms with Gasteiger partial charge in [-0.05, 0) is 59.2 Å². The normalized spacial score (nSPS) is 16.7. The summed E-state index contributed by atoms with van der Waals surface area (Å²) in [6, 6.07) is 3.95. The molecule has 1 aliphatic heterocycles. The van der Waals surface area contributed by atoms with Crippen LogP contribution in [0.15, 0.2) is 22.7 Å². The third-order valence-electron chi connectivity index (χ3n) is 3.08. The van der Waals surface area contributed by atoms with Crippen LogP contribution in [0.2, 0.25) is 0 Å². The van der Waals surface area contributed by atoms with E-state index in [-0.39, 0.29) is 12.7 Å². The van der Waals surface area contributed by atoms with E-state index in [0.29, 0.717) is 21.9 Å². The smallest absolute Gasteiger partial charge is 0.276 e. The second-order valence-electron chi connectivity index (χ2n) is 4.88. The topological polar surface area (TPSA) is 71.6 Å². The van der Waals surface area contributed by atoms with Crippen LogP contribution in [0.1, 0.15) is 12.8 Å². The van der Waals surface area contributed by atoms with Gasteiger partial charge in [0.25, 0.3) is 5.91 Å². The van der Waals surface area contributed by atoms with Gasteiger partial charge in [0, 0.05) is 13.2 Å². The van der Waals surface area contributed by atoms with Gasteiger partial charge >= 0.3 is 0 Å². The Labute approximate surface area is 147 Å². The summed E-state index contributed by atoms with van der Waals surface area (Å²) >= 11 is 8.19. The first-order chi connectivity index (χ1) is 11.0. The van der Waals surface area contributed by atoms with E-state index in [1.807, 2.05) is 0 Å². The van der Waals surface area contributed by atoms with Crippen LogP contribution < -0.4 is 20.9 Å². The Morgan fingerprint density at radius 1 is 1.48 bits per heavy atom. The minimum atomic E-state index is -0.414. The van der Waals surface area contributed by atoms with Crippen LogP contribution >= 0.6 is 28.1 Å². The molecular weight excluding hydrogens is 389 g/mol. The quantitative estimate of drug-likeness (QED) is 0.510. The van der Waals surface area contributed by atoms with E-state index >= 15 is 0 Å². The molecular formula is C14H17BrFN3O3S. The number of halogens is 2. The van der Waals surface area contributed by atoms with Crippen LogP contribution in [-0.4, -0.2) is 36.9 Å². The highest BCUT2D eigenvalue weighted by Crippen LogP contribution is 2.25. The Kier molecular flexibility index (Phi) is 7.00. The van der Waals surface area contributed by atoms with Crippen LogP contribution in [0.25, 0.3) is 0 Å². The molecule has 0 aliphatic carbocycles. The molecule has 1 aromatic carbocycles. The summed E-state index contributed by atoms with van der Waals surface area (Å²) in [7, 11) is 0. The highest BCUT2D eigenvalue weighted by atomic mass is 79.9. The van der Waals surface area contributed by atoms with Gasteiger partial charge in [0.15, 0.2) is 11.7 Å². The predicted molar refractivity (Wildman–Crippen MR) is 90.4 cm³/mol. The van der Waals surface area contributed by atoms with Crippen molar-refractivity contribution < 1.29 is 18.7 Å². The lowest BCUT2D eigenvalue weighted by molar-refractivity contribution is -0.123. The molecule has 1 unspecified atom stereocenters. The molecule has 2 rings (SSSR count). The molecule has 1 fully saturated rings. The standard InChI is InChI=1S/C14H17BrFN3O3S/c15-11-6-9(16)3-4-12(11)22-8-13(20)18-19-14(23)17-7-10-2-1-5-21-10/h3-4,6,10H,1-2,5,7-8H2,(H,18,20)(H2,17,19,23). The fraction of sp³-hybridized carbons (Fsp3) is 0.429. The molecule has 126 valence electrons. The maximum Gasteiger partial charge on any atom is 0.276 e. The van der Waals surface area contributed by atoms with Crippen molar-refractivity contribution in [3.05, 3.63) is 28.5 Å². The fourth-order valence-electron chi connectivity index (χ4n) is 1.95. The summed E-state index contributed by atoms with van der Waals surface area (Å²) in [5.74, 6) is -0.430. The van der Waals surface area contributed by atoms with E-state index in [0.717, 1.165) is 19.4 Å². The number of hydrogen-bond donors (Lipinski definition) is 3. The van der Waals surface area contributed by atoms with Crippen molar-refractivity contribution in [1.82, 2.24) is 16.2 Å². The maximum absolute atomic E-state index is 12.9. The zero-order valence-electron chi connectivity index (χ0n) is 12.2. The van der Waals surface area contributed by atoms with Crippen molar-refractivity contribution in [2.45, 2.75) is 18.9 Å². The second-order valence-corrected chi connectivity index (χ2v) is 6.14. The Hall–Kier alpha value is -1.45. The van der Waals surface area contributed by atoms with Crippen LogP contribution in [0, 0.1) is 5.82 Å². The molecule has 0 radical (unpaired) electrons. The third-order valence-corrected chi connectivity index (χ3v) is 3.95. The molecule has 6 nitrogen and oxygen atoms in total. The number of rotatable bonds is 5. The first kappa shape index (κ1) is 17.9. The SMILES string of the molecule is O=C(COc1ccc(F)cc1Br)NNC(=S)NCC1CCCO1. The number of hydrazine groups is 1. The second kappa shape index (κ2) is 8.99. The zero-order chi connectivity index (χ0) is 16.7. The number of amides is 1. The number of hydrogen-bond acceptors (Lipinski definition) is 4. The summed E-state index contributed by atoms with van der Waals surface area (Å²) in [5, 5.41) is 3.26. The summed E-state index contributed by atoms with van der Waals surface area (Å²) in [5.41, 5.74) is 4.99. The van der Waals surface area contributed by atoms with Gasteiger partial charge < -0.3 is 14.8 Å². The monoisotopic (exact) mass is 405 g/mol. The van der Waals surface area contributed by atoms with Crippen LogP contribution in [0.4, 0.5) is 4.39 Å². The zero-order valence-corrected chi connectivity index (χ0v) is 14.6. The summed E-state index contributed by atoms with van der Waals surface area (Å²) in [6.45, 7) is 1.14. The summed E-state index contributed by atoms with van der Waals surface area (Å²) < 4.78 is 24.1. The van der Waals surface area contributed by atoms with Gasteiger partial charge in [0.1, 0.15) is 11.6 Å². The fourth-order valence-corrected chi connectivity index (χ4v) is 2.55. The molecule has 0 bridgehead atoms. The molecule has 1 aliphatic rings. The molecule has 0 aromatic heterocycles. The Balaban J connectivity index is 1.63. The van der Waals surface area contributed by atoms with E-state index < -0.39 is 11.7 Å². The summed E-state index contributed by atoms with van der Waals surface area (Å²) in [4.78, 5) is 11.7. The largest absolute Gasteiger partial charge is 0.483 e. The molecule has 1 aromatic rings. The number of carbonyl (C=O) groups is 1. The molecule has 1 heterocycles. The molecule has 1 saturated heterocycles. The van der Waals surface area contributed by atoms with Gasteiger partial charge in [-0.25, -0.2) is 4.39 Å². The summed E-state index contributed by atoms with van der Waals surface area (Å²) in [6.07, 6.45) is 2.21. The van der Waals surface area contributed by atoms with Crippen molar-refractivity contribution in [2.75, 3.05) is 19.8 Å². The van der Waals surface area contributed by atoms with Gasteiger partial charge in [-0.3, -0.25) is 15.6 Å². The van der Waals surface area contributed by atoms with Gasteiger partial charge in [-0.2, -0.15) is 0 Å². The lowest BCUT2D eigenvalue weighted by atomic mass is 10.2. The molecule has 1 atom stereocenters. The van der Waals surface area contributed by atoms with Crippen LogP contribution in [0.3, 0.4) is 0 Å². The third kappa shape index (κ3) is 6.28. The van der Waals surface area contributed by atoms with Gasteiger partial charge in [0.2, 0.25) is 0 Å². The Morgan fingerprint density at radius 2 is 2.30 bits per heavy atom. The molecule has 23 heavy (non-hydrogen) atoms. The lowest BCUT2D eigenvalue weighted by Gasteiger charge is -2.14. The molecule has 1 amide bonds.